The van der Waals surface area contributed by atoms with Gasteiger partial charge in [0, 0.05) is 6.54 Å². The van der Waals surface area contributed by atoms with Gasteiger partial charge in [0.15, 0.2) is 0 Å². The Morgan fingerprint density at radius 3 is 2.62 bits per heavy atom. The molecule has 0 spiro atoms. The van der Waals surface area contributed by atoms with E-state index in [1.54, 1.807) is 13.0 Å². The number of aromatic hydroxyl groups is 1. The number of anilines is 3. The quantitative estimate of drug-likeness (QED) is 0.139. The van der Waals surface area contributed by atoms with Crippen LogP contribution in [-0.2, 0) is 13.0 Å². The summed E-state index contributed by atoms with van der Waals surface area (Å²) in [4.78, 5) is 69.5. The molecule has 45 heavy (non-hydrogen) atoms. The van der Waals surface area contributed by atoms with Crippen LogP contribution in [0.15, 0.2) is 52.2 Å². The topological polar surface area (TPSA) is 218 Å². The molecule has 228 valence electrons. The average Bonchev–Trinajstić information content (AvgIpc) is 3.62. The Labute approximate surface area is 252 Å². The maximum absolute atomic E-state index is 14.4. The predicted molar refractivity (Wildman–Crippen MR) is 158 cm³/mol. The van der Waals surface area contributed by atoms with E-state index < -0.39 is 46.4 Å². The standard InChI is InChI=1S/C30H24FN7O7/c1-12-14-5-7-18(16(14)4-3-15(12)29(44)45)36-27(42)20-9-21(38-22(39)11-34-30(38)37-20)28(43)33-10-13-2-6-17(31)19(8-13)35-24-23(32)25(40)26(24)41/h2-4,6,8-9,11,18,35,39H,5,7,10,32H2,1H3,(H,33,43)(H,36,42)(H,44,45)/t18-/m0/s1. The van der Waals surface area contributed by atoms with E-state index in [4.69, 9.17) is 5.73 Å². The molecule has 2 amide bonds. The summed E-state index contributed by atoms with van der Waals surface area (Å²) in [7, 11) is 0. The number of nitrogens with one attached hydrogen (secondary N) is 3. The lowest BCUT2D eigenvalue weighted by Gasteiger charge is -2.16. The molecular weight excluding hydrogens is 589 g/mol. The molecule has 2 heterocycles. The third-order valence-electron chi connectivity index (χ3n) is 7.84. The van der Waals surface area contributed by atoms with Crippen LogP contribution in [0.4, 0.5) is 21.5 Å². The van der Waals surface area contributed by atoms with E-state index in [0.717, 1.165) is 27.8 Å². The van der Waals surface area contributed by atoms with Gasteiger partial charge in [0.25, 0.3) is 22.7 Å². The Morgan fingerprint density at radius 1 is 1.11 bits per heavy atom. The lowest BCUT2D eigenvalue weighted by atomic mass is 9.98. The van der Waals surface area contributed by atoms with Gasteiger partial charge < -0.3 is 31.9 Å². The van der Waals surface area contributed by atoms with Gasteiger partial charge in [-0.2, -0.15) is 0 Å². The first-order valence-electron chi connectivity index (χ1n) is 13.6. The maximum Gasteiger partial charge on any atom is 0.335 e. The van der Waals surface area contributed by atoms with Crippen LogP contribution in [0, 0.1) is 12.7 Å². The van der Waals surface area contributed by atoms with Crippen LogP contribution in [0.5, 0.6) is 5.88 Å². The summed E-state index contributed by atoms with van der Waals surface area (Å²) < 4.78 is 15.4. The molecule has 1 atom stereocenters. The van der Waals surface area contributed by atoms with Crippen molar-refractivity contribution >= 4 is 40.6 Å². The van der Waals surface area contributed by atoms with Gasteiger partial charge in [0.1, 0.15) is 28.6 Å². The first-order valence-corrected chi connectivity index (χ1v) is 13.6. The fourth-order valence-electron chi connectivity index (χ4n) is 5.47. The summed E-state index contributed by atoms with van der Waals surface area (Å²) in [5.74, 6) is -3.61. The van der Waals surface area contributed by atoms with E-state index in [9.17, 15) is 38.6 Å². The third kappa shape index (κ3) is 4.99. The van der Waals surface area contributed by atoms with Crippen molar-refractivity contribution in [3.63, 3.8) is 0 Å². The van der Waals surface area contributed by atoms with Gasteiger partial charge in [-0.05, 0) is 66.3 Å². The highest BCUT2D eigenvalue weighted by Crippen LogP contribution is 2.35. The van der Waals surface area contributed by atoms with E-state index in [2.05, 4.69) is 25.9 Å². The second-order valence-electron chi connectivity index (χ2n) is 10.5. The maximum atomic E-state index is 14.4. The van der Waals surface area contributed by atoms with Crippen LogP contribution < -0.4 is 32.5 Å². The van der Waals surface area contributed by atoms with Crippen LogP contribution >= 0.6 is 0 Å². The zero-order valence-electron chi connectivity index (χ0n) is 23.5. The number of fused-ring (bicyclic) bond motifs is 2. The second-order valence-corrected chi connectivity index (χ2v) is 10.5. The summed E-state index contributed by atoms with van der Waals surface area (Å²) in [6.45, 7) is 1.60. The Morgan fingerprint density at radius 2 is 1.89 bits per heavy atom. The minimum Gasteiger partial charge on any atom is -0.493 e. The van der Waals surface area contributed by atoms with Crippen molar-refractivity contribution in [3.05, 3.63) is 108 Å². The van der Waals surface area contributed by atoms with E-state index in [0.29, 0.717) is 24.0 Å². The lowest BCUT2D eigenvalue weighted by molar-refractivity contribution is 0.0695. The number of imidazole rings is 1. The van der Waals surface area contributed by atoms with Crippen molar-refractivity contribution in [2.75, 3.05) is 11.1 Å². The molecule has 3 aromatic carbocycles. The molecule has 1 aliphatic carbocycles. The zero-order chi connectivity index (χ0) is 32.2. The highest BCUT2D eigenvalue weighted by Gasteiger charge is 2.29. The number of halogens is 1. The molecule has 6 rings (SSSR count). The summed E-state index contributed by atoms with van der Waals surface area (Å²) in [6.07, 6.45) is 2.18. The van der Waals surface area contributed by atoms with Gasteiger partial charge in [0.05, 0.1) is 23.5 Å². The molecular formula is C30H24FN7O7. The molecule has 14 nitrogen and oxygen atoms in total. The number of nitrogens with zero attached hydrogens (tertiary/aromatic N) is 3. The number of carbonyl (C=O) groups excluding carboxylic acids is 2. The SMILES string of the molecule is Cc1c(C(=O)O)ccc2c1CC[C@@H]2NC(=O)c1cc(C(=O)NCc2ccc(F)c(Nc3c(N)c(=O)c3=O)c2)n2c(O)cnc2n1. The molecule has 15 heteroatoms. The van der Waals surface area contributed by atoms with Crippen LogP contribution in [-0.4, -0.2) is 42.4 Å². The van der Waals surface area contributed by atoms with E-state index in [1.165, 1.54) is 24.3 Å². The van der Waals surface area contributed by atoms with E-state index >= 15 is 0 Å². The van der Waals surface area contributed by atoms with Crippen molar-refractivity contribution < 1.29 is 29.0 Å². The Balaban J connectivity index is 1.22. The highest BCUT2D eigenvalue weighted by atomic mass is 19.1. The van der Waals surface area contributed by atoms with Crippen molar-refractivity contribution in [2.24, 2.45) is 0 Å². The van der Waals surface area contributed by atoms with E-state index in [1.807, 2.05) is 0 Å². The number of hydrogen-bond acceptors (Lipinski definition) is 10. The van der Waals surface area contributed by atoms with Gasteiger partial charge in [-0.25, -0.2) is 23.6 Å². The van der Waals surface area contributed by atoms with Crippen LogP contribution in [0.2, 0.25) is 0 Å². The average molecular weight is 614 g/mol. The number of aromatic nitrogens is 3. The van der Waals surface area contributed by atoms with Crippen LogP contribution in [0.3, 0.4) is 0 Å². The number of nitrogen functional groups attached to an aromatic ring is 1. The minimum absolute atomic E-state index is 0.113. The highest BCUT2D eigenvalue weighted by molar-refractivity contribution is 5.98. The molecule has 5 aromatic rings. The minimum atomic E-state index is -1.03. The predicted octanol–water partition coefficient (Wildman–Crippen LogP) is 1.85. The van der Waals surface area contributed by atoms with Gasteiger partial charge >= 0.3 is 5.97 Å². The van der Waals surface area contributed by atoms with Gasteiger partial charge in [-0.1, -0.05) is 12.1 Å². The normalized spacial score (nSPS) is 14.0. The Kier molecular flexibility index (Phi) is 6.99. The summed E-state index contributed by atoms with van der Waals surface area (Å²) in [6, 6.07) is 7.77. The number of benzene rings is 2. The number of amides is 2. The number of carbonyl (C=O) groups is 3. The van der Waals surface area contributed by atoms with Gasteiger partial charge in [0.2, 0.25) is 11.7 Å². The van der Waals surface area contributed by atoms with Crippen LogP contribution in [0.1, 0.15) is 66.1 Å². The van der Waals surface area contributed by atoms with Crippen molar-refractivity contribution in [2.45, 2.75) is 32.4 Å². The smallest absolute Gasteiger partial charge is 0.335 e. The number of carboxylic acid groups (broad SMARTS) is 1. The Bertz CT molecular complexity index is 2150. The first-order chi connectivity index (χ1) is 21.4. The number of nitrogens with two attached hydrogens (primary N) is 1. The number of hydrogen-bond donors (Lipinski definition) is 6. The Hall–Kier alpha value is -6.12. The zero-order valence-corrected chi connectivity index (χ0v) is 23.5. The van der Waals surface area contributed by atoms with Crippen LogP contribution in [0.25, 0.3) is 5.78 Å². The largest absolute Gasteiger partial charge is 0.493 e. The van der Waals surface area contributed by atoms with Crippen molar-refractivity contribution in [1.82, 2.24) is 25.0 Å². The molecule has 0 aliphatic heterocycles. The fraction of sp³-hybridized carbons (Fsp3) is 0.167. The summed E-state index contributed by atoms with van der Waals surface area (Å²) in [5, 5.41) is 27.8. The number of rotatable bonds is 8. The molecule has 0 radical (unpaired) electrons. The lowest BCUT2D eigenvalue weighted by Crippen LogP contribution is -2.36. The summed E-state index contributed by atoms with van der Waals surface area (Å²) in [5.41, 5.74) is 5.70. The molecule has 0 unspecified atom stereocenters. The third-order valence-corrected chi connectivity index (χ3v) is 7.84. The molecule has 7 N–H and O–H groups in total. The molecule has 0 saturated carbocycles. The summed E-state index contributed by atoms with van der Waals surface area (Å²) >= 11 is 0. The van der Waals surface area contributed by atoms with Gasteiger partial charge in [-0.3, -0.25) is 19.2 Å². The second kappa shape index (κ2) is 10.9. The van der Waals surface area contributed by atoms with Crippen molar-refractivity contribution in [1.29, 1.82) is 0 Å². The van der Waals surface area contributed by atoms with Crippen molar-refractivity contribution in [3.8, 4) is 5.88 Å². The number of aromatic carboxylic acids is 1. The molecule has 0 fully saturated rings. The van der Waals surface area contributed by atoms with Gasteiger partial charge in [-0.15, -0.1) is 0 Å². The molecule has 2 aromatic heterocycles. The first kappa shape index (κ1) is 29.0. The number of carboxylic acids is 1. The van der Waals surface area contributed by atoms with E-state index in [-0.39, 0.29) is 46.3 Å². The molecule has 0 saturated heterocycles. The molecule has 1 aliphatic rings. The monoisotopic (exact) mass is 613 g/mol. The molecule has 0 bridgehead atoms. The fourth-order valence-corrected chi connectivity index (χ4v) is 5.47.